The number of rotatable bonds is 3. The Morgan fingerprint density at radius 3 is 2.56 bits per heavy atom. The highest BCUT2D eigenvalue weighted by molar-refractivity contribution is 7.99. The Morgan fingerprint density at radius 1 is 1.22 bits per heavy atom. The zero-order chi connectivity index (χ0) is 13.1. The lowest BCUT2D eigenvalue weighted by Crippen LogP contribution is -1.92. The Kier molecular flexibility index (Phi) is 4.27. The van der Waals surface area contributed by atoms with Gasteiger partial charge in [0, 0.05) is 16.7 Å². The molecule has 2 rings (SSSR count). The van der Waals surface area contributed by atoms with Gasteiger partial charge in [-0.1, -0.05) is 35.0 Å². The van der Waals surface area contributed by atoms with Crippen molar-refractivity contribution in [3.63, 3.8) is 0 Å². The summed E-state index contributed by atoms with van der Waals surface area (Å²) in [6, 6.07) is 8.95. The highest BCUT2D eigenvalue weighted by Gasteiger charge is 2.07. The molecule has 2 nitrogen and oxygen atoms in total. The largest absolute Gasteiger partial charge is 0.294 e. The fraction of sp³-hybridized carbons (Fsp3) is 0.0769. The van der Waals surface area contributed by atoms with Gasteiger partial charge < -0.3 is 0 Å². The number of hydrogen-bond acceptors (Lipinski definition) is 3. The van der Waals surface area contributed by atoms with E-state index in [-0.39, 0.29) is 5.78 Å². The summed E-state index contributed by atoms with van der Waals surface area (Å²) < 4.78 is 0. The van der Waals surface area contributed by atoms with Gasteiger partial charge in [-0.3, -0.25) is 4.79 Å². The molecule has 18 heavy (non-hydrogen) atoms. The molecular formula is C13H9Cl2NOS. The van der Waals surface area contributed by atoms with E-state index < -0.39 is 0 Å². The van der Waals surface area contributed by atoms with Gasteiger partial charge in [-0.25, -0.2) is 4.98 Å². The fourth-order valence-electron chi connectivity index (χ4n) is 1.39. The minimum atomic E-state index is -0.0406. The number of benzene rings is 1. The molecule has 0 amide bonds. The molecule has 0 N–H and O–H groups in total. The molecule has 1 aromatic heterocycles. The number of Topliss-reactive ketones (excluding diaryl/α,β-unsaturated/α-hetero) is 1. The van der Waals surface area contributed by atoms with Gasteiger partial charge in [-0.2, -0.15) is 0 Å². The van der Waals surface area contributed by atoms with Gasteiger partial charge in [-0.05, 0) is 37.3 Å². The van der Waals surface area contributed by atoms with Gasteiger partial charge in [0.25, 0.3) is 0 Å². The number of ketones is 1. The molecule has 1 heterocycles. The molecular weight excluding hydrogens is 289 g/mol. The maximum absolute atomic E-state index is 11.3. The summed E-state index contributed by atoms with van der Waals surface area (Å²) in [6.07, 6.45) is 1.59. The van der Waals surface area contributed by atoms with Crippen LogP contribution in [0.15, 0.2) is 46.5 Å². The predicted octanol–water partition coefficient (Wildman–Crippen LogP) is 4.74. The Balaban J connectivity index is 2.22. The average Bonchev–Trinajstić information content (AvgIpc) is 2.32. The van der Waals surface area contributed by atoms with E-state index in [1.807, 2.05) is 12.1 Å². The molecule has 2 aromatic rings. The number of nitrogens with zero attached hydrogens (tertiary/aromatic N) is 1. The van der Waals surface area contributed by atoms with Crippen molar-refractivity contribution in [1.82, 2.24) is 4.98 Å². The summed E-state index contributed by atoms with van der Waals surface area (Å²) >= 11 is 13.3. The third-order valence-electron chi connectivity index (χ3n) is 2.24. The molecule has 5 heteroatoms. The Morgan fingerprint density at radius 2 is 2.00 bits per heavy atom. The highest BCUT2D eigenvalue weighted by Crippen LogP contribution is 2.30. The molecule has 0 radical (unpaired) electrons. The van der Waals surface area contributed by atoms with E-state index >= 15 is 0 Å². The molecule has 0 aliphatic rings. The van der Waals surface area contributed by atoms with Crippen molar-refractivity contribution in [2.24, 2.45) is 0 Å². The SMILES string of the molecule is CC(=O)c1ccc(Sc2ccc(Cl)cn2)cc1Cl. The molecule has 0 saturated carbocycles. The van der Waals surface area contributed by atoms with Crippen LogP contribution in [0.5, 0.6) is 0 Å². The third kappa shape index (κ3) is 3.25. The van der Waals surface area contributed by atoms with Crippen LogP contribution in [0, 0.1) is 0 Å². The Bertz CT molecular complexity index is 584. The minimum Gasteiger partial charge on any atom is -0.294 e. The number of carbonyl (C=O) groups excluding carboxylic acids is 1. The normalized spacial score (nSPS) is 10.4. The Hall–Kier alpha value is -1.03. The maximum Gasteiger partial charge on any atom is 0.161 e. The van der Waals surface area contributed by atoms with E-state index in [1.165, 1.54) is 18.7 Å². The van der Waals surface area contributed by atoms with Crippen LogP contribution in [0.2, 0.25) is 10.0 Å². The molecule has 0 saturated heterocycles. The van der Waals surface area contributed by atoms with E-state index in [2.05, 4.69) is 4.98 Å². The zero-order valence-electron chi connectivity index (χ0n) is 9.48. The lowest BCUT2D eigenvalue weighted by molar-refractivity contribution is 0.101. The van der Waals surface area contributed by atoms with Crippen molar-refractivity contribution >= 4 is 40.7 Å². The van der Waals surface area contributed by atoms with Gasteiger partial charge in [0.05, 0.1) is 10.0 Å². The first-order valence-corrected chi connectivity index (χ1v) is 6.73. The van der Waals surface area contributed by atoms with Crippen LogP contribution in [0.1, 0.15) is 17.3 Å². The van der Waals surface area contributed by atoms with E-state index in [4.69, 9.17) is 23.2 Å². The maximum atomic E-state index is 11.3. The van der Waals surface area contributed by atoms with Gasteiger partial charge >= 0.3 is 0 Å². The number of carbonyl (C=O) groups is 1. The number of hydrogen-bond donors (Lipinski definition) is 0. The molecule has 0 fully saturated rings. The average molecular weight is 298 g/mol. The van der Waals surface area contributed by atoms with Crippen molar-refractivity contribution in [2.75, 3.05) is 0 Å². The monoisotopic (exact) mass is 297 g/mol. The standard InChI is InChI=1S/C13H9Cl2NOS/c1-8(17)11-4-3-10(6-12(11)15)18-13-5-2-9(14)7-16-13/h2-7H,1H3. The van der Waals surface area contributed by atoms with Crippen molar-refractivity contribution in [2.45, 2.75) is 16.8 Å². The van der Waals surface area contributed by atoms with E-state index in [0.29, 0.717) is 15.6 Å². The first-order chi connectivity index (χ1) is 8.56. The van der Waals surface area contributed by atoms with Crippen LogP contribution in [-0.4, -0.2) is 10.8 Å². The van der Waals surface area contributed by atoms with Crippen LogP contribution < -0.4 is 0 Å². The summed E-state index contributed by atoms with van der Waals surface area (Å²) in [7, 11) is 0. The van der Waals surface area contributed by atoms with Crippen LogP contribution in [0.3, 0.4) is 0 Å². The summed E-state index contributed by atoms with van der Waals surface area (Å²) in [4.78, 5) is 16.4. The quantitative estimate of drug-likeness (QED) is 0.766. The second kappa shape index (κ2) is 5.74. The molecule has 0 atom stereocenters. The summed E-state index contributed by atoms with van der Waals surface area (Å²) in [5.41, 5.74) is 0.532. The Labute approximate surface area is 119 Å². The second-order valence-electron chi connectivity index (χ2n) is 3.61. The summed E-state index contributed by atoms with van der Waals surface area (Å²) in [5.74, 6) is -0.0406. The molecule has 0 unspecified atom stereocenters. The molecule has 0 aliphatic carbocycles. The van der Waals surface area contributed by atoms with Crippen molar-refractivity contribution in [3.05, 3.63) is 52.1 Å². The zero-order valence-corrected chi connectivity index (χ0v) is 11.8. The highest BCUT2D eigenvalue weighted by atomic mass is 35.5. The van der Waals surface area contributed by atoms with Gasteiger partial charge in [0.2, 0.25) is 0 Å². The predicted molar refractivity (Wildman–Crippen MR) is 74.8 cm³/mol. The molecule has 1 aromatic carbocycles. The van der Waals surface area contributed by atoms with Gasteiger partial charge in [0.15, 0.2) is 5.78 Å². The minimum absolute atomic E-state index is 0.0406. The van der Waals surface area contributed by atoms with E-state index in [0.717, 1.165) is 9.92 Å². The van der Waals surface area contributed by atoms with Gasteiger partial charge in [0.1, 0.15) is 5.03 Å². The molecule has 0 aliphatic heterocycles. The first-order valence-electron chi connectivity index (χ1n) is 5.16. The fourth-order valence-corrected chi connectivity index (χ4v) is 2.67. The van der Waals surface area contributed by atoms with Crippen LogP contribution in [-0.2, 0) is 0 Å². The molecule has 92 valence electrons. The summed E-state index contributed by atoms with van der Waals surface area (Å²) in [5, 5.41) is 1.89. The smallest absolute Gasteiger partial charge is 0.161 e. The van der Waals surface area contributed by atoms with Crippen molar-refractivity contribution < 1.29 is 4.79 Å². The number of pyridine rings is 1. The van der Waals surface area contributed by atoms with Crippen molar-refractivity contribution in [3.8, 4) is 0 Å². The second-order valence-corrected chi connectivity index (χ2v) is 5.55. The van der Waals surface area contributed by atoms with E-state index in [9.17, 15) is 4.79 Å². The third-order valence-corrected chi connectivity index (χ3v) is 3.72. The lowest BCUT2D eigenvalue weighted by atomic mass is 10.1. The van der Waals surface area contributed by atoms with Crippen LogP contribution in [0.4, 0.5) is 0 Å². The van der Waals surface area contributed by atoms with Crippen molar-refractivity contribution in [1.29, 1.82) is 0 Å². The number of halogens is 2. The van der Waals surface area contributed by atoms with Crippen LogP contribution >= 0.6 is 35.0 Å². The van der Waals surface area contributed by atoms with E-state index in [1.54, 1.807) is 24.4 Å². The number of aromatic nitrogens is 1. The summed E-state index contributed by atoms with van der Waals surface area (Å²) in [6.45, 7) is 1.49. The molecule has 0 spiro atoms. The van der Waals surface area contributed by atoms with Crippen LogP contribution in [0.25, 0.3) is 0 Å². The molecule has 0 bridgehead atoms. The topological polar surface area (TPSA) is 30.0 Å². The first kappa shape index (κ1) is 13.4. The van der Waals surface area contributed by atoms with Gasteiger partial charge in [-0.15, -0.1) is 0 Å². The lowest BCUT2D eigenvalue weighted by Gasteiger charge is -2.04.